The molecule has 0 amide bonds. The maximum Gasteiger partial charge on any atom is 0.101 e. The van der Waals surface area contributed by atoms with Crippen LogP contribution in [0.1, 0.15) is 13.8 Å². The monoisotopic (exact) mass is 160 g/mol. The number of hydrogen-bond donors (Lipinski definition) is 1. The fourth-order valence-corrected chi connectivity index (χ4v) is 0.861. The summed E-state index contributed by atoms with van der Waals surface area (Å²) in [4.78, 5) is 0. The first-order valence-electron chi connectivity index (χ1n) is 3.21. The molecule has 0 aromatic carbocycles. The Labute approximate surface area is 67.2 Å². The highest BCUT2D eigenvalue weighted by Gasteiger charge is 2.26. The number of nitrogens with one attached hydrogen (secondary N) is 1. The molecule has 1 atom stereocenters. The number of rotatable bonds is 3. The van der Waals surface area contributed by atoms with Crippen LogP contribution in [0.15, 0.2) is 0 Å². The lowest BCUT2D eigenvalue weighted by Crippen LogP contribution is -2.39. The van der Waals surface area contributed by atoms with Crippen LogP contribution in [0.3, 0.4) is 0 Å². The molecule has 2 nitrogen and oxygen atoms in total. The lowest BCUT2D eigenvalue weighted by Gasteiger charge is -2.26. The highest BCUT2D eigenvalue weighted by Crippen LogP contribution is 2.21. The summed E-state index contributed by atoms with van der Waals surface area (Å²) in [5.41, 5.74) is -0.148. The Morgan fingerprint density at radius 3 is 2.30 bits per heavy atom. The van der Waals surface area contributed by atoms with Crippen molar-refractivity contribution in [3.8, 4) is 6.07 Å². The lowest BCUT2D eigenvalue weighted by atomic mass is 9.87. The summed E-state index contributed by atoms with van der Waals surface area (Å²) < 4.78 is 0. The van der Waals surface area contributed by atoms with Crippen molar-refractivity contribution in [2.75, 3.05) is 12.9 Å². The van der Waals surface area contributed by atoms with Gasteiger partial charge < -0.3 is 5.32 Å². The van der Waals surface area contributed by atoms with Gasteiger partial charge >= 0.3 is 0 Å². The maximum absolute atomic E-state index is 8.62. The van der Waals surface area contributed by atoms with E-state index < -0.39 is 0 Å². The molecule has 1 unspecified atom stereocenters. The van der Waals surface area contributed by atoms with Crippen molar-refractivity contribution in [1.82, 2.24) is 5.32 Å². The smallest absolute Gasteiger partial charge is 0.101 e. The van der Waals surface area contributed by atoms with Crippen molar-refractivity contribution < 1.29 is 0 Å². The molecule has 10 heavy (non-hydrogen) atoms. The van der Waals surface area contributed by atoms with Crippen molar-refractivity contribution in [2.24, 2.45) is 5.41 Å². The molecule has 0 aliphatic carbocycles. The van der Waals surface area contributed by atoms with E-state index in [1.807, 2.05) is 13.8 Å². The van der Waals surface area contributed by atoms with E-state index in [4.69, 9.17) is 16.9 Å². The van der Waals surface area contributed by atoms with Crippen LogP contribution >= 0.6 is 11.6 Å². The summed E-state index contributed by atoms with van der Waals surface area (Å²) in [6.07, 6.45) is 0. The quantitative estimate of drug-likeness (QED) is 0.633. The Morgan fingerprint density at radius 2 is 2.20 bits per heavy atom. The van der Waals surface area contributed by atoms with Gasteiger partial charge in [-0.2, -0.15) is 5.26 Å². The molecule has 0 bridgehead atoms. The highest BCUT2D eigenvalue weighted by atomic mass is 35.5. The molecule has 0 aromatic rings. The van der Waals surface area contributed by atoms with Crippen LogP contribution in [0, 0.1) is 16.7 Å². The van der Waals surface area contributed by atoms with Crippen LogP contribution in [0.25, 0.3) is 0 Å². The molecule has 58 valence electrons. The molecule has 1 N–H and O–H groups in total. The van der Waals surface area contributed by atoms with E-state index in [-0.39, 0.29) is 11.5 Å². The molecule has 0 rings (SSSR count). The second-order valence-electron chi connectivity index (χ2n) is 2.97. The zero-order valence-corrected chi connectivity index (χ0v) is 7.37. The van der Waals surface area contributed by atoms with E-state index in [1.54, 1.807) is 7.05 Å². The first-order chi connectivity index (χ1) is 4.58. The standard InChI is InChI=1S/C7H13ClN2/c1-7(2,5-8)6(4-9)10-3/h6,10H,5H2,1-3H3. The first kappa shape index (κ1) is 9.74. The lowest BCUT2D eigenvalue weighted by molar-refractivity contribution is 0.340. The average Bonchev–Trinajstić information content (AvgIpc) is 1.90. The molecule has 0 radical (unpaired) electrons. The van der Waals surface area contributed by atoms with Crippen molar-refractivity contribution >= 4 is 11.6 Å². The fraction of sp³-hybridized carbons (Fsp3) is 0.857. The summed E-state index contributed by atoms with van der Waals surface area (Å²) in [6, 6.07) is 1.99. The van der Waals surface area contributed by atoms with Gasteiger partial charge in [-0.05, 0) is 7.05 Å². The molecule has 0 spiro atoms. The Morgan fingerprint density at radius 1 is 1.70 bits per heavy atom. The Kier molecular flexibility index (Phi) is 3.70. The molecular weight excluding hydrogens is 148 g/mol. The second-order valence-corrected chi connectivity index (χ2v) is 3.24. The number of nitrogens with zero attached hydrogens (tertiary/aromatic N) is 1. The van der Waals surface area contributed by atoms with Gasteiger partial charge in [0.05, 0.1) is 6.07 Å². The van der Waals surface area contributed by atoms with Gasteiger partial charge in [-0.1, -0.05) is 13.8 Å². The van der Waals surface area contributed by atoms with E-state index >= 15 is 0 Å². The highest BCUT2D eigenvalue weighted by molar-refractivity contribution is 6.18. The minimum absolute atomic E-state index is 0.148. The van der Waals surface area contributed by atoms with Gasteiger partial charge in [-0.15, -0.1) is 11.6 Å². The summed E-state index contributed by atoms with van der Waals surface area (Å²) in [5.74, 6) is 0.492. The van der Waals surface area contributed by atoms with E-state index in [1.165, 1.54) is 0 Å². The minimum atomic E-state index is -0.162. The number of alkyl halides is 1. The largest absolute Gasteiger partial charge is 0.305 e. The van der Waals surface area contributed by atoms with Crippen LogP contribution in [-0.4, -0.2) is 19.0 Å². The summed E-state index contributed by atoms with van der Waals surface area (Å²) in [5, 5.41) is 11.5. The van der Waals surface area contributed by atoms with Crippen molar-refractivity contribution in [2.45, 2.75) is 19.9 Å². The molecule has 0 aromatic heterocycles. The SMILES string of the molecule is CNC(C#N)C(C)(C)CCl. The maximum atomic E-state index is 8.62. The molecular formula is C7H13ClN2. The second kappa shape index (κ2) is 3.80. The van der Waals surface area contributed by atoms with Gasteiger partial charge in [0.1, 0.15) is 6.04 Å². The number of hydrogen-bond acceptors (Lipinski definition) is 2. The van der Waals surface area contributed by atoms with Crippen LogP contribution in [0.4, 0.5) is 0 Å². The van der Waals surface area contributed by atoms with E-state index in [0.29, 0.717) is 5.88 Å². The normalized spacial score (nSPS) is 14.3. The van der Waals surface area contributed by atoms with Gasteiger partial charge in [0.25, 0.3) is 0 Å². The molecule has 0 aliphatic heterocycles. The van der Waals surface area contributed by atoms with Gasteiger partial charge in [0, 0.05) is 11.3 Å². The van der Waals surface area contributed by atoms with E-state index in [0.717, 1.165) is 0 Å². The average molecular weight is 161 g/mol. The van der Waals surface area contributed by atoms with E-state index in [2.05, 4.69) is 11.4 Å². The Balaban J connectivity index is 4.15. The zero-order valence-electron chi connectivity index (χ0n) is 6.61. The zero-order chi connectivity index (χ0) is 8.20. The molecule has 3 heteroatoms. The van der Waals surface area contributed by atoms with Crippen molar-refractivity contribution in [3.63, 3.8) is 0 Å². The Hall–Kier alpha value is -0.260. The van der Waals surface area contributed by atoms with E-state index in [9.17, 15) is 0 Å². The van der Waals surface area contributed by atoms with Crippen molar-refractivity contribution in [3.05, 3.63) is 0 Å². The van der Waals surface area contributed by atoms with Gasteiger partial charge in [0.2, 0.25) is 0 Å². The summed E-state index contributed by atoms with van der Waals surface area (Å²) >= 11 is 5.65. The third-order valence-corrected chi connectivity index (χ3v) is 2.23. The van der Waals surface area contributed by atoms with Gasteiger partial charge in [0.15, 0.2) is 0 Å². The first-order valence-corrected chi connectivity index (χ1v) is 3.74. The van der Waals surface area contributed by atoms with Crippen LogP contribution < -0.4 is 5.32 Å². The minimum Gasteiger partial charge on any atom is -0.305 e. The predicted molar refractivity (Wildman–Crippen MR) is 43.0 cm³/mol. The summed E-state index contributed by atoms with van der Waals surface area (Å²) in [6.45, 7) is 3.93. The van der Waals surface area contributed by atoms with Crippen LogP contribution in [0.2, 0.25) is 0 Å². The molecule has 0 fully saturated rings. The number of halogens is 1. The van der Waals surface area contributed by atoms with Gasteiger partial charge in [-0.25, -0.2) is 0 Å². The Bertz CT molecular complexity index is 137. The molecule has 0 aliphatic rings. The van der Waals surface area contributed by atoms with Crippen molar-refractivity contribution in [1.29, 1.82) is 5.26 Å². The third-order valence-electron chi connectivity index (χ3n) is 1.54. The number of nitriles is 1. The fourth-order valence-electron chi connectivity index (χ4n) is 0.707. The van der Waals surface area contributed by atoms with Gasteiger partial charge in [-0.3, -0.25) is 0 Å². The van der Waals surface area contributed by atoms with Crippen LogP contribution in [0.5, 0.6) is 0 Å². The topological polar surface area (TPSA) is 35.8 Å². The van der Waals surface area contributed by atoms with Crippen LogP contribution in [-0.2, 0) is 0 Å². The molecule has 0 saturated heterocycles. The molecule has 0 saturated carbocycles. The predicted octanol–water partition coefficient (Wildman–Crippen LogP) is 1.36. The summed E-state index contributed by atoms with van der Waals surface area (Å²) in [7, 11) is 1.77. The third kappa shape index (κ3) is 2.17. The molecule has 0 heterocycles.